The second-order valence-corrected chi connectivity index (χ2v) is 9.41. The van der Waals surface area contributed by atoms with Crippen LogP contribution >= 0.6 is 11.6 Å². The summed E-state index contributed by atoms with van der Waals surface area (Å²) in [6, 6.07) is 5.87. The average molecular weight is 465 g/mol. The molecule has 0 amide bonds. The van der Waals surface area contributed by atoms with Crippen molar-refractivity contribution in [2.45, 2.75) is 94.1 Å². The van der Waals surface area contributed by atoms with Crippen molar-refractivity contribution in [3.63, 3.8) is 0 Å². The quantitative estimate of drug-likeness (QED) is 0.279. The van der Waals surface area contributed by atoms with Gasteiger partial charge in [-0.2, -0.15) is 17.6 Å². The topological polar surface area (TPSA) is 0 Å². The van der Waals surface area contributed by atoms with Crippen molar-refractivity contribution in [1.29, 1.82) is 0 Å². The first-order chi connectivity index (χ1) is 14.6. The molecule has 2 fully saturated rings. The number of hydrogen-bond acceptors (Lipinski definition) is 0. The molecule has 1 aromatic carbocycles. The smallest absolute Gasteiger partial charge is 0.203 e. The summed E-state index contributed by atoms with van der Waals surface area (Å²) in [5, 5.41) is 0.375. The molecule has 0 spiro atoms. The third-order valence-electron chi connectivity index (χ3n) is 6.92. The van der Waals surface area contributed by atoms with Crippen molar-refractivity contribution in [3.8, 4) is 0 Å². The third-order valence-corrected chi connectivity index (χ3v) is 7.17. The van der Waals surface area contributed by atoms with E-state index in [-0.39, 0.29) is 17.2 Å². The molecule has 0 heterocycles. The molecule has 2 aliphatic rings. The number of alkyl halides is 6. The van der Waals surface area contributed by atoms with Gasteiger partial charge in [-0.15, -0.1) is 0 Å². The Labute approximate surface area is 185 Å². The summed E-state index contributed by atoms with van der Waals surface area (Å²) < 4.78 is 85.4. The average Bonchev–Trinajstić information content (AvgIpc) is 2.76. The van der Waals surface area contributed by atoms with E-state index < -0.39 is 30.5 Å². The highest BCUT2D eigenvalue weighted by Gasteiger charge is 2.66. The van der Waals surface area contributed by atoms with E-state index in [1.54, 1.807) is 0 Å². The standard InChI is InChI=1S/C23H28BClF6/c25-19-13-11-16(12-14-19)15-20(22(28,29)23(30,31)21(26)27)24(17-7-3-1-4-8-17)18-9-5-2-6-10-18/h11-15,17-18,21H,1-10H2/b20-15+. The van der Waals surface area contributed by atoms with Crippen molar-refractivity contribution in [2.75, 3.05) is 0 Å². The number of halogens is 7. The first-order valence-corrected chi connectivity index (χ1v) is 11.5. The number of rotatable bonds is 7. The number of hydrogen-bond donors (Lipinski definition) is 0. The summed E-state index contributed by atoms with van der Waals surface area (Å²) in [6.45, 7) is -0.837. The van der Waals surface area contributed by atoms with Gasteiger partial charge in [0, 0.05) is 5.02 Å². The molecule has 0 N–H and O–H groups in total. The highest BCUT2D eigenvalue weighted by molar-refractivity contribution is 6.71. The Morgan fingerprint density at radius 3 is 1.71 bits per heavy atom. The van der Waals surface area contributed by atoms with Gasteiger partial charge in [-0.25, -0.2) is 8.78 Å². The maximum Gasteiger partial charge on any atom is 0.372 e. The first-order valence-electron chi connectivity index (χ1n) is 11.2. The van der Waals surface area contributed by atoms with E-state index in [0.29, 0.717) is 30.7 Å². The molecule has 0 atom stereocenters. The minimum absolute atomic E-state index is 0.199. The zero-order chi connectivity index (χ0) is 22.6. The minimum atomic E-state index is -5.44. The molecule has 0 bridgehead atoms. The molecule has 0 unspecified atom stereocenters. The minimum Gasteiger partial charge on any atom is -0.203 e. The van der Waals surface area contributed by atoms with Gasteiger partial charge < -0.3 is 0 Å². The predicted octanol–water partition coefficient (Wildman–Crippen LogP) is 8.96. The van der Waals surface area contributed by atoms with E-state index in [1.165, 1.54) is 24.3 Å². The van der Waals surface area contributed by atoms with Crippen LogP contribution in [0.1, 0.15) is 69.8 Å². The molecule has 0 aromatic heterocycles. The van der Waals surface area contributed by atoms with Crippen molar-refractivity contribution < 1.29 is 26.3 Å². The predicted molar refractivity (Wildman–Crippen MR) is 115 cm³/mol. The molecule has 1 aromatic rings. The Kier molecular flexibility index (Phi) is 8.09. The second kappa shape index (κ2) is 10.2. The first kappa shape index (κ1) is 24.5. The lowest BCUT2D eigenvalue weighted by molar-refractivity contribution is -0.243. The van der Waals surface area contributed by atoms with Gasteiger partial charge in [-0.05, 0) is 23.2 Å². The van der Waals surface area contributed by atoms with E-state index in [0.717, 1.165) is 44.6 Å². The van der Waals surface area contributed by atoms with Crippen LogP contribution in [0.5, 0.6) is 0 Å². The van der Waals surface area contributed by atoms with Gasteiger partial charge in [0.15, 0.2) is 6.71 Å². The lowest BCUT2D eigenvalue weighted by Crippen LogP contribution is -2.52. The molecule has 0 nitrogen and oxygen atoms in total. The lowest BCUT2D eigenvalue weighted by Gasteiger charge is -2.40. The summed E-state index contributed by atoms with van der Waals surface area (Å²) in [5.41, 5.74) is -0.570. The Hall–Kier alpha value is -1.11. The summed E-state index contributed by atoms with van der Waals surface area (Å²) >= 11 is 5.87. The van der Waals surface area contributed by atoms with E-state index in [4.69, 9.17) is 11.6 Å². The van der Waals surface area contributed by atoms with Crippen LogP contribution in [0.3, 0.4) is 0 Å². The maximum absolute atomic E-state index is 15.3. The summed E-state index contributed by atoms with van der Waals surface area (Å²) in [5.74, 6) is -10.8. The van der Waals surface area contributed by atoms with Crippen LogP contribution in [0.2, 0.25) is 16.7 Å². The fourth-order valence-electron chi connectivity index (χ4n) is 5.34. The van der Waals surface area contributed by atoms with E-state index >= 15 is 8.78 Å². The van der Waals surface area contributed by atoms with Crippen LogP contribution in [0, 0.1) is 0 Å². The molecular weight excluding hydrogens is 437 g/mol. The SMILES string of the molecule is FC(F)C(F)(F)C(F)(F)/C(=C\c1ccc(Cl)cc1)B(C1CCCCC1)C1CCCCC1. The molecule has 0 aliphatic heterocycles. The summed E-state index contributed by atoms with van der Waals surface area (Å²) in [6.07, 6.45) is 4.57. The van der Waals surface area contributed by atoms with E-state index in [1.807, 2.05) is 0 Å². The van der Waals surface area contributed by atoms with Crippen LogP contribution in [0.15, 0.2) is 29.7 Å². The highest BCUT2D eigenvalue weighted by atomic mass is 35.5. The Bertz CT molecular complexity index is 719. The maximum atomic E-state index is 15.3. The zero-order valence-electron chi connectivity index (χ0n) is 17.4. The monoisotopic (exact) mass is 464 g/mol. The molecule has 2 saturated carbocycles. The molecule has 172 valence electrons. The van der Waals surface area contributed by atoms with Gasteiger partial charge >= 0.3 is 18.3 Å². The van der Waals surface area contributed by atoms with E-state index in [2.05, 4.69) is 0 Å². The third kappa shape index (κ3) is 5.46. The molecule has 3 rings (SSSR count). The highest BCUT2D eigenvalue weighted by Crippen LogP contribution is 2.52. The van der Waals surface area contributed by atoms with Crippen LogP contribution < -0.4 is 0 Å². The van der Waals surface area contributed by atoms with Crippen LogP contribution in [0.25, 0.3) is 6.08 Å². The fourth-order valence-corrected chi connectivity index (χ4v) is 5.47. The van der Waals surface area contributed by atoms with Crippen LogP contribution in [0.4, 0.5) is 26.3 Å². The molecule has 8 heteroatoms. The Balaban J connectivity index is 2.13. The Morgan fingerprint density at radius 1 is 0.839 bits per heavy atom. The molecule has 31 heavy (non-hydrogen) atoms. The summed E-state index contributed by atoms with van der Waals surface area (Å²) in [7, 11) is 0. The lowest BCUT2D eigenvalue weighted by atomic mass is 9.26. The van der Waals surface area contributed by atoms with Gasteiger partial charge in [-0.1, -0.05) is 106 Å². The largest absolute Gasteiger partial charge is 0.372 e. The number of benzene rings is 1. The van der Waals surface area contributed by atoms with Gasteiger partial charge in [-0.3, -0.25) is 0 Å². The van der Waals surface area contributed by atoms with Crippen molar-refractivity contribution in [2.24, 2.45) is 0 Å². The second-order valence-electron chi connectivity index (χ2n) is 8.97. The van der Waals surface area contributed by atoms with Crippen molar-refractivity contribution >= 4 is 24.4 Å². The molecular formula is C23H28BClF6. The van der Waals surface area contributed by atoms with Crippen molar-refractivity contribution in [3.05, 3.63) is 40.3 Å². The van der Waals surface area contributed by atoms with Gasteiger partial charge in [0.25, 0.3) is 0 Å². The summed E-state index contributed by atoms with van der Waals surface area (Å²) in [4.78, 5) is 0. The van der Waals surface area contributed by atoms with Gasteiger partial charge in [0.2, 0.25) is 0 Å². The van der Waals surface area contributed by atoms with Crippen LogP contribution in [-0.4, -0.2) is 25.0 Å². The Morgan fingerprint density at radius 2 is 1.29 bits per heavy atom. The molecule has 0 radical (unpaired) electrons. The molecule has 0 saturated heterocycles. The van der Waals surface area contributed by atoms with Crippen LogP contribution in [-0.2, 0) is 0 Å². The normalized spacial score (nSPS) is 20.3. The molecule has 2 aliphatic carbocycles. The van der Waals surface area contributed by atoms with Gasteiger partial charge in [0.1, 0.15) is 0 Å². The zero-order valence-corrected chi connectivity index (χ0v) is 18.2. The number of allylic oxidation sites excluding steroid dienone is 1. The van der Waals surface area contributed by atoms with E-state index in [9.17, 15) is 17.6 Å². The van der Waals surface area contributed by atoms with Gasteiger partial charge in [0.05, 0.1) is 0 Å². The van der Waals surface area contributed by atoms with Crippen molar-refractivity contribution in [1.82, 2.24) is 0 Å². The fraction of sp³-hybridized carbons (Fsp3) is 0.652.